The summed E-state index contributed by atoms with van der Waals surface area (Å²) in [5.74, 6) is 0. The van der Waals surface area contributed by atoms with Gasteiger partial charge >= 0.3 is 0 Å². The van der Waals surface area contributed by atoms with Gasteiger partial charge in [-0.15, -0.1) is 0 Å². The van der Waals surface area contributed by atoms with Crippen molar-refractivity contribution in [3.05, 3.63) is 0 Å². The van der Waals surface area contributed by atoms with Crippen LogP contribution in [0.3, 0.4) is 0 Å². The van der Waals surface area contributed by atoms with Gasteiger partial charge in [0, 0.05) is 74.8 Å². The Hall–Kier alpha value is 2.28. The van der Waals surface area contributed by atoms with Gasteiger partial charge in [0.1, 0.15) is 0 Å². The molecule has 0 saturated heterocycles. The molecule has 0 aliphatic carbocycles. The third-order valence-electron chi connectivity index (χ3n) is 0. The van der Waals surface area contributed by atoms with Gasteiger partial charge in [0.15, 0.2) is 0 Å². The standard InChI is InChI=1S/Cu.Pb.Si.Zn. The van der Waals surface area contributed by atoms with E-state index in [1.54, 1.807) is 0 Å². The molecule has 21 valence electrons. The molecule has 4 heavy (non-hydrogen) atoms. The third-order valence-corrected chi connectivity index (χ3v) is 0. The summed E-state index contributed by atoms with van der Waals surface area (Å²) in [6.45, 7) is 0. The van der Waals surface area contributed by atoms with Gasteiger partial charge in [-0.05, 0) is 0 Å². The van der Waals surface area contributed by atoms with Crippen LogP contribution in [0.4, 0.5) is 0 Å². The van der Waals surface area contributed by atoms with Crippen LogP contribution in [0.1, 0.15) is 0 Å². The monoisotopic (exact) mass is 363 g/mol. The molecule has 0 fully saturated rings. The zero-order valence-electron chi connectivity index (χ0n) is 2.01. The van der Waals surface area contributed by atoms with Crippen molar-refractivity contribution in [2.75, 3.05) is 0 Å². The number of hydrogen-bond donors (Lipinski definition) is 0. The van der Waals surface area contributed by atoms with Crippen molar-refractivity contribution in [1.29, 1.82) is 0 Å². The predicted molar refractivity (Wildman–Crippen MR) is 11.5 cm³/mol. The van der Waals surface area contributed by atoms with Gasteiger partial charge in [-0.3, -0.25) is 0 Å². The molecule has 4 heteroatoms. The van der Waals surface area contributed by atoms with Crippen molar-refractivity contribution in [2.24, 2.45) is 0 Å². The van der Waals surface area contributed by atoms with Crippen LogP contribution >= 0.6 is 0 Å². The zero-order chi connectivity index (χ0) is 0. The Morgan fingerprint density at radius 2 is 1.00 bits per heavy atom. The average Bonchev–Trinajstić information content (AvgIpc) is 0. The first-order valence-electron chi connectivity index (χ1n) is 0. The Morgan fingerprint density at radius 1 is 1.00 bits per heavy atom. The van der Waals surface area contributed by atoms with Gasteiger partial charge in [0.2, 0.25) is 0 Å². The molecule has 0 aliphatic rings. The molecule has 0 aromatic carbocycles. The fraction of sp³-hybridized carbons (Fsp3) is 0. The smallest absolute Gasteiger partial charge is 0 e. The maximum atomic E-state index is 0. The quantitative estimate of drug-likeness (QED) is 0.496. The van der Waals surface area contributed by atoms with Gasteiger partial charge < -0.3 is 0 Å². The minimum atomic E-state index is 0. The Morgan fingerprint density at radius 3 is 1.00 bits per heavy atom. The second-order valence-corrected chi connectivity index (χ2v) is 0. The molecular weight excluding hydrogens is 364 g/mol. The van der Waals surface area contributed by atoms with Crippen LogP contribution in [0, 0.1) is 0 Å². The molecule has 0 aliphatic heterocycles. The Bertz CT molecular complexity index is 8.00. The molecule has 0 amide bonds. The van der Waals surface area contributed by atoms with Crippen molar-refractivity contribution < 1.29 is 36.5 Å². The number of rotatable bonds is 0. The third kappa shape index (κ3) is 8.86. The maximum Gasteiger partial charge on any atom is 0 e. The zero-order valence-corrected chi connectivity index (χ0v) is 10.8. The van der Waals surface area contributed by atoms with Crippen molar-refractivity contribution in [2.45, 2.75) is 0 Å². The second kappa shape index (κ2) is 18.6. The summed E-state index contributed by atoms with van der Waals surface area (Å²) in [6, 6.07) is 0. The van der Waals surface area contributed by atoms with E-state index in [1.807, 2.05) is 0 Å². The van der Waals surface area contributed by atoms with Crippen LogP contribution in [-0.4, -0.2) is 38.3 Å². The van der Waals surface area contributed by atoms with Crippen molar-refractivity contribution in [3.63, 3.8) is 0 Å². The molecule has 0 rings (SSSR count). The van der Waals surface area contributed by atoms with Crippen LogP contribution in [0.25, 0.3) is 0 Å². The van der Waals surface area contributed by atoms with Crippen LogP contribution < -0.4 is 0 Å². The minimum absolute atomic E-state index is 0. The predicted octanol–water partition coefficient (Wildman–Crippen LogP) is -0.767. The van der Waals surface area contributed by atoms with E-state index in [4.69, 9.17) is 0 Å². The van der Waals surface area contributed by atoms with E-state index >= 15 is 0 Å². The summed E-state index contributed by atoms with van der Waals surface area (Å²) in [5.41, 5.74) is 0. The summed E-state index contributed by atoms with van der Waals surface area (Å²) in [7, 11) is 0. The SMILES string of the molecule is [Cu].[Pb].[Si].[Zn]. The van der Waals surface area contributed by atoms with E-state index in [9.17, 15) is 0 Å². The fourth-order valence-electron chi connectivity index (χ4n) is 0. The van der Waals surface area contributed by atoms with Crippen LogP contribution in [0.15, 0.2) is 0 Å². The number of hydrogen-bond acceptors (Lipinski definition) is 0. The molecule has 0 heterocycles. The molecule has 0 unspecified atom stereocenters. The summed E-state index contributed by atoms with van der Waals surface area (Å²) in [6.07, 6.45) is 0. The van der Waals surface area contributed by atoms with Gasteiger partial charge in [0.05, 0.1) is 0 Å². The maximum absolute atomic E-state index is 0. The van der Waals surface area contributed by atoms with Gasteiger partial charge in [0.25, 0.3) is 0 Å². The summed E-state index contributed by atoms with van der Waals surface area (Å²) < 4.78 is 0. The van der Waals surface area contributed by atoms with E-state index in [1.165, 1.54) is 0 Å². The second-order valence-electron chi connectivity index (χ2n) is 0. The van der Waals surface area contributed by atoms with E-state index in [0.29, 0.717) is 0 Å². The first-order chi connectivity index (χ1) is 0. The summed E-state index contributed by atoms with van der Waals surface area (Å²) in [5, 5.41) is 0. The average molecular weight is 364 g/mol. The molecule has 0 bridgehead atoms. The Labute approximate surface area is 73.9 Å². The molecule has 0 aromatic rings. The molecule has 0 N–H and O–H groups in total. The van der Waals surface area contributed by atoms with Crippen LogP contribution in [0.2, 0.25) is 0 Å². The van der Waals surface area contributed by atoms with Gasteiger partial charge in [-0.1, -0.05) is 0 Å². The molecule has 9 radical (unpaired) electrons. The van der Waals surface area contributed by atoms with Crippen molar-refractivity contribution >= 4 is 38.3 Å². The van der Waals surface area contributed by atoms with E-state index in [0.717, 1.165) is 0 Å². The van der Waals surface area contributed by atoms with Crippen LogP contribution in [-0.2, 0) is 36.5 Å². The van der Waals surface area contributed by atoms with Crippen molar-refractivity contribution in [1.82, 2.24) is 0 Å². The summed E-state index contributed by atoms with van der Waals surface area (Å²) in [4.78, 5) is 0. The summed E-state index contributed by atoms with van der Waals surface area (Å²) >= 11 is 0. The van der Waals surface area contributed by atoms with E-state index in [2.05, 4.69) is 0 Å². The topological polar surface area (TPSA) is 0 Å². The molecule has 0 aromatic heterocycles. The fourth-order valence-corrected chi connectivity index (χ4v) is 0. The molecule has 0 atom stereocenters. The largest absolute Gasteiger partial charge is 0 e. The van der Waals surface area contributed by atoms with Crippen LogP contribution in [0.5, 0.6) is 0 Å². The van der Waals surface area contributed by atoms with Gasteiger partial charge in [-0.2, -0.15) is 0 Å². The first-order valence-corrected chi connectivity index (χ1v) is 0. The molecule has 0 nitrogen and oxygen atoms in total. The van der Waals surface area contributed by atoms with Gasteiger partial charge in [-0.25, -0.2) is 0 Å². The molecular formula is CuPbSiZn. The Kier molecular flexibility index (Phi) is 156. The van der Waals surface area contributed by atoms with E-state index in [-0.39, 0.29) is 74.8 Å². The van der Waals surface area contributed by atoms with Crippen molar-refractivity contribution in [3.8, 4) is 0 Å². The molecule has 0 spiro atoms. The van der Waals surface area contributed by atoms with E-state index < -0.39 is 0 Å². The molecule has 0 saturated carbocycles. The Balaban J connectivity index is 0. The minimum Gasteiger partial charge on any atom is 0 e. The normalized spacial score (nSPS) is 0. The first kappa shape index (κ1) is 33.7.